The first-order valence-electron chi connectivity index (χ1n) is 8.88. The third-order valence-corrected chi connectivity index (χ3v) is 5.18. The van der Waals surface area contributed by atoms with Crippen LogP contribution in [0.3, 0.4) is 0 Å². The third-order valence-electron chi connectivity index (χ3n) is 5.18. The van der Waals surface area contributed by atoms with Crippen LogP contribution in [-0.4, -0.2) is 40.1 Å². The van der Waals surface area contributed by atoms with Gasteiger partial charge < -0.3 is 19.3 Å². The van der Waals surface area contributed by atoms with Crippen molar-refractivity contribution >= 4 is 11.9 Å². The lowest BCUT2D eigenvalue weighted by Gasteiger charge is -2.14. The first kappa shape index (κ1) is 17.5. The highest BCUT2D eigenvalue weighted by molar-refractivity contribution is 5.93. The maximum Gasteiger partial charge on any atom is 0.308 e. The minimum absolute atomic E-state index is 0.00205. The van der Waals surface area contributed by atoms with Gasteiger partial charge in [-0.25, -0.2) is 4.39 Å². The van der Waals surface area contributed by atoms with Gasteiger partial charge in [-0.2, -0.15) is 0 Å². The number of likely N-dealkylation sites (tertiary alicyclic amines) is 1. The van der Waals surface area contributed by atoms with Crippen molar-refractivity contribution in [3.05, 3.63) is 47.6 Å². The van der Waals surface area contributed by atoms with E-state index in [1.54, 1.807) is 12.1 Å². The van der Waals surface area contributed by atoms with Gasteiger partial charge in [-0.1, -0.05) is 17.3 Å². The summed E-state index contributed by atoms with van der Waals surface area (Å²) in [6.45, 7) is 0.543. The zero-order valence-corrected chi connectivity index (χ0v) is 14.5. The fourth-order valence-electron chi connectivity index (χ4n) is 3.61. The average Bonchev–Trinajstić information content (AvgIpc) is 3.22. The molecule has 0 radical (unpaired) electrons. The molecule has 1 aromatic heterocycles. The van der Waals surface area contributed by atoms with E-state index < -0.39 is 17.7 Å². The van der Waals surface area contributed by atoms with E-state index in [1.165, 1.54) is 23.1 Å². The maximum absolute atomic E-state index is 13.6. The summed E-state index contributed by atoms with van der Waals surface area (Å²) in [6, 6.07) is 7.43. The van der Waals surface area contributed by atoms with Crippen LogP contribution in [0.4, 0.5) is 4.39 Å². The molecule has 2 aliphatic rings. The van der Waals surface area contributed by atoms with Crippen LogP contribution in [0, 0.1) is 23.6 Å². The number of benzene rings is 1. The van der Waals surface area contributed by atoms with Crippen molar-refractivity contribution in [3.8, 4) is 5.75 Å². The molecule has 0 spiro atoms. The molecular weight excluding hydrogens is 355 g/mol. The van der Waals surface area contributed by atoms with E-state index in [2.05, 4.69) is 5.16 Å². The smallest absolute Gasteiger partial charge is 0.308 e. The Morgan fingerprint density at radius 1 is 1.30 bits per heavy atom. The van der Waals surface area contributed by atoms with Crippen molar-refractivity contribution in [1.82, 2.24) is 10.1 Å². The Kier molecular flexibility index (Phi) is 4.55. The van der Waals surface area contributed by atoms with E-state index in [0.717, 1.165) is 12.8 Å². The molecule has 1 aliphatic carbocycles. The predicted octanol–water partition coefficient (Wildman–Crippen LogP) is 2.58. The molecule has 2 fully saturated rings. The molecule has 27 heavy (non-hydrogen) atoms. The van der Waals surface area contributed by atoms with Gasteiger partial charge in [-0.15, -0.1) is 0 Å². The van der Waals surface area contributed by atoms with Crippen molar-refractivity contribution in [2.75, 3.05) is 13.1 Å². The van der Waals surface area contributed by atoms with E-state index in [-0.39, 0.29) is 42.2 Å². The predicted molar refractivity (Wildman–Crippen MR) is 90.5 cm³/mol. The maximum atomic E-state index is 13.6. The second-order valence-electron chi connectivity index (χ2n) is 7.05. The van der Waals surface area contributed by atoms with Crippen LogP contribution in [0.25, 0.3) is 0 Å². The normalized spacial score (nSPS) is 22.0. The summed E-state index contributed by atoms with van der Waals surface area (Å²) >= 11 is 0. The van der Waals surface area contributed by atoms with Gasteiger partial charge in [0.05, 0.1) is 5.92 Å². The number of para-hydroxylation sites is 1. The summed E-state index contributed by atoms with van der Waals surface area (Å²) in [5.74, 6) is -1.47. The highest BCUT2D eigenvalue weighted by atomic mass is 19.1. The molecule has 1 saturated carbocycles. The molecule has 2 atom stereocenters. The number of halogens is 1. The van der Waals surface area contributed by atoms with Crippen molar-refractivity contribution < 1.29 is 28.3 Å². The fraction of sp³-hybridized carbons (Fsp3) is 0.421. The Morgan fingerprint density at radius 2 is 2.07 bits per heavy atom. The largest absolute Gasteiger partial charge is 0.482 e. The van der Waals surface area contributed by atoms with Gasteiger partial charge in [0.25, 0.3) is 5.91 Å². The van der Waals surface area contributed by atoms with Gasteiger partial charge >= 0.3 is 5.97 Å². The molecule has 8 heteroatoms. The van der Waals surface area contributed by atoms with E-state index in [9.17, 15) is 19.1 Å². The summed E-state index contributed by atoms with van der Waals surface area (Å²) in [7, 11) is 0. The molecule has 4 rings (SSSR count). The zero-order chi connectivity index (χ0) is 19.0. The van der Waals surface area contributed by atoms with Crippen molar-refractivity contribution in [2.24, 2.45) is 17.8 Å². The van der Waals surface area contributed by atoms with Gasteiger partial charge in [-0.3, -0.25) is 9.59 Å². The van der Waals surface area contributed by atoms with Crippen LogP contribution < -0.4 is 4.74 Å². The summed E-state index contributed by atoms with van der Waals surface area (Å²) < 4.78 is 24.0. The number of hydrogen-bond acceptors (Lipinski definition) is 5. The fourth-order valence-corrected chi connectivity index (χ4v) is 3.61. The van der Waals surface area contributed by atoms with Crippen LogP contribution in [0.5, 0.6) is 5.75 Å². The Labute approximate surface area is 154 Å². The summed E-state index contributed by atoms with van der Waals surface area (Å²) in [5, 5.41) is 13.2. The van der Waals surface area contributed by atoms with E-state index in [1.807, 2.05) is 0 Å². The topological polar surface area (TPSA) is 92.9 Å². The minimum atomic E-state index is -0.860. The number of aliphatic carboxylic acids is 1. The van der Waals surface area contributed by atoms with Gasteiger partial charge in [0.2, 0.25) is 0 Å². The van der Waals surface area contributed by atoms with Crippen LogP contribution in [0.1, 0.15) is 29.1 Å². The van der Waals surface area contributed by atoms with Gasteiger partial charge in [0, 0.05) is 19.2 Å². The van der Waals surface area contributed by atoms with Gasteiger partial charge in [0.15, 0.2) is 23.0 Å². The van der Waals surface area contributed by atoms with Crippen LogP contribution in [-0.2, 0) is 11.4 Å². The molecule has 1 N–H and O–H groups in total. The quantitative estimate of drug-likeness (QED) is 0.835. The molecule has 2 heterocycles. The number of carbonyl (C=O) groups is 2. The molecule has 1 amide bonds. The Bertz CT molecular complexity index is 863. The molecular formula is C19H19FN2O5. The number of amides is 1. The number of rotatable bonds is 6. The summed E-state index contributed by atoms with van der Waals surface area (Å²) in [5.41, 5.74) is 0.0997. The van der Waals surface area contributed by atoms with Crippen molar-refractivity contribution in [2.45, 2.75) is 19.4 Å². The lowest BCUT2D eigenvalue weighted by molar-refractivity contribution is -0.142. The average molecular weight is 374 g/mol. The Balaban J connectivity index is 1.40. The lowest BCUT2D eigenvalue weighted by Crippen LogP contribution is -2.30. The second kappa shape index (κ2) is 7.02. The number of carboxylic acid groups (broad SMARTS) is 1. The molecule has 1 saturated heterocycles. The first-order valence-corrected chi connectivity index (χ1v) is 8.88. The molecule has 1 aliphatic heterocycles. The number of carboxylic acids is 1. The van der Waals surface area contributed by atoms with Crippen LogP contribution >= 0.6 is 0 Å². The van der Waals surface area contributed by atoms with Crippen LogP contribution in [0.2, 0.25) is 0 Å². The highest BCUT2D eigenvalue weighted by Gasteiger charge is 2.47. The first-order chi connectivity index (χ1) is 13.0. The molecule has 0 bridgehead atoms. The van der Waals surface area contributed by atoms with Gasteiger partial charge in [-0.05, 0) is 36.8 Å². The monoisotopic (exact) mass is 374 g/mol. The molecule has 142 valence electrons. The number of hydrogen-bond donors (Lipinski definition) is 1. The van der Waals surface area contributed by atoms with Crippen molar-refractivity contribution in [1.29, 1.82) is 0 Å². The summed E-state index contributed by atoms with van der Waals surface area (Å²) in [4.78, 5) is 25.7. The lowest BCUT2D eigenvalue weighted by atomic mass is 9.92. The summed E-state index contributed by atoms with van der Waals surface area (Å²) in [6.07, 6.45) is 2.05. The second-order valence-corrected chi connectivity index (χ2v) is 7.05. The number of carbonyl (C=O) groups excluding carboxylic acids is 1. The molecule has 2 aromatic rings. The molecule has 0 unspecified atom stereocenters. The number of nitrogens with zero attached hydrogens (tertiary/aromatic N) is 2. The third kappa shape index (κ3) is 3.65. The standard InChI is InChI=1S/C19H19FN2O5/c20-15-3-1-2-4-17(15)26-10-12-7-16(21-27-12)18(23)22-8-13(11-5-6-11)14(9-22)19(24)25/h1-4,7,11,13-14H,5-6,8-10H2,(H,24,25)/t13-,14+/m1/s1. The Morgan fingerprint density at radius 3 is 2.78 bits per heavy atom. The van der Waals surface area contributed by atoms with E-state index >= 15 is 0 Å². The van der Waals surface area contributed by atoms with E-state index in [0.29, 0.717) is 12.5 Å². The SMILES string of the molecule is O=C(O)[C@H]1CN(C(=O)c2cc(COc3ccccc3F)on2)C[C@@H]1C1CC1. The Hall–Kier alpha value is -2.90. The number of aromatic nitrogens is 1. The number of ether oxygens (including phenoxy) is 1. The van der Waals surface area contributed by atoms with Gasteiger partial charge in [0.1, 0.15) is 6.61 Å². The highest BCUT2D eigenvalue weighted by Crippen LogP contribution is 2.44. The van der Waals surface area contributed by atoms with E-state index in [4.69, 9.17) is 9.26 Å². The molecule has 1 aromatic carbocycles. The minimum Gasteiger partial charge on any atom is -0.482 e. The molecule has 7 nitrogen and oxygen atoms in total. The van der Waals surface area contributed by atoms with Crippen LogP contribution in [0.15, 0.2) is 34.9 Å². The zero-order valence-electron chi connectivity index (χ0n) is 14.5. The van der Waals surface area contributed by atoms with Crippen molar-refractivity contribution in [3.63, 3.8) is 0 Å².